The maximum atomic E-state index is 12.7. The summed E-state index contributed by atoms with van der Waals surface area (Å²) in [6.07, 6.45) is 4.00. The average Bonchev–Trinajstić information content (AvgIpc) is 3.32. The van der Waals surface area contributed by atoms with E-state index in [1.54, 1.807) is 18.0 Å². The minimum Gasteiger partial charge on any atom is -0.383 e. The number of thiazole rings is 1. The lowest BCUT2D eigenvalue weighted by Gasteiger charge is -2.23. The van der Waals surface area contributed by atoms with Crippen LogP contribution in [0, 0.1) is 11.3 Å². The van der Waals surface area contributed by atoms with Crippen molar-refractivity contribution >= 4 is 17.2 Å². The molecule has 0 aromatic carbocycles. The van der Waals surface area contributed by atoms with Gasteiger partial charge in [0.2, 0.25) is 5.13 Å². The number of aromatic nitrogens is 3. The topological polar surface area (TPSA) is 96.1 Å². The minimum absolute atomic E-state index is 0.0336. The lowest BCUT2D eigenvalue weighted by atomic mass is 10.1. The highest BCUT2D eigenvalue weighted by molar-refractivity contribution is 7.16. The smallest absolute Gasteiger partial charge is 0.266 e. The highest BCUT2D eigenvalue weighted by atomic mass is 32.1. The van der Waals surface area contributed by atoms with Gasteiger partial charge in [0.05, 0.1) is 36.8 Å². The van der Waals surface area contributed by atoms with Gasteiger partial charge >= 0.3 is 0 Å². The highest BCUT2D eigenvalue weighted by Crippen LogP contribution is 2.32. The van der Waals surface area contributed by atoms with Crippen LogP contribution in [-0.2, 0) is 11.3 Å². The Kier molecular flexibility index (Phi) is 3.80. The molecule has 0 aliphatic carbocycles. The van der Waals surface area contributed by atoms with Gasteiger partial charge in [-0.1, -0.05) is 11.3 Å². The number of hydrogen-bond donors (Lipinski definition) is 1. The number of carbonyl (C=O) groups excluding carboxylic acids is 1. The molecular formula is C15H16N6O2S. The number of nitrogens with one attached hydrogen (secondary N) is 1. The normalized spacial score (nSPS) is 22.8. The maximum Gasteiger partial charge on any atom is 0.266 e. The molecule has 4 rings (SSSR count). The van der Waals surface area contributed by atoms with E-state index in [1.807, 2.05) is 11.0 Å². The van der Waals surface area contributed by atoms with Gasteiger partial charge in [0.25, 0.3) is 5.91 Å². The second-order valence-electron chi connectivity index (χ2n) is 5.94. The second-order valence-corrected chi connectivity index (χ2v) is 6.92. The average molecular weight is 344 g/mol. The third-order valence-electron chi connectivity index (χ3n) is 4.38. The Balaban J connectivity index is 1.51. The first-order valence-electron chi connectivity index (χ1n) is 7.67. The van der Waals surface area contributed by atoms with E-state index in [2.05, 4.69) is 15.4 Å². The summed E-state index contributed by atoms with van der Waals surface area (Å²) in [6, 6.07) is 2.51. The van der Waals surface area contributed by atoms with Gasteiger partial charge in [0, 0.05) is 25.7 Å². The van der Waals surface area contributed by atoms with Crippen LogP contribution in [0.1, 0.15) is 27.3 Å². The minimum atomic E-state index is 0.0336. The molecule has 0 unspecified atom stereocenters. The van der Waals surface area contributed by atoms with Crippen LogP contribution in [0.5, 0.6) is 0 Å². The standard InChI is InChI=1S/C15H16N6O2S/c1-23-8-10-2-11(5-17-10)20-7-12-13(14(20)22)24-15(19-12)21-6-9(3-16)4-18-21/h4,6,10-11,17H,2,5,7-8H2,1H3/t10-,11+/m0/s1. The lowest BCUT2D eigenvalue weighted by molar-refractivity contribution is 0.0713. The van der Waals surface area contributed by atoms with E-state index in [4.69, 9.17) is 10.00 Å². The van der Waals surface area contributed by atoms with E-state index >= 15 is 0 Å². The van der Waals surface area contributed by atoms with Gasteiger partial charge < -0.3 is 15.0 Å². The summed E-state index contributed by atoms with van der Waals surface area (Å²) in [5.41, 5.74) is 1.27. The fourth-order valence-corrected chi connectivity index (χ4v) is 4.18. The lowest BCUT2D eigenvalue weighted by Crippen LogP contribution is -2.36. The Morgan fingerprint density at radius 3 is 3.17 bits per heavy atom. The molecule has 8 nitrogen and oxygen atoms in total. The zero-order valence-electron chi connectivity index (χ0n) is 13.1. The Morgan fingerprint density at radius 2 is 2.46 bits per heavy atom. The van der Waals surface area contributed by atoms with Gasteiger partial charge in [-0.25, -0.2) is 9.67 Å². The fraction of sp³-hybridized carbons (Fsp3) is 0.467. The van der Waals surface area contributed by atoms with Gasteiger partial charge in [-0.3, -0.25) is 4.79 Å². The van der Waals surface area contributed by atoms with E-state index in [0.29, 0.717) is 34.8 Å². The maximum absolute atomic E-state index is 12.7. The third kappa shape index (κ3) is 2.49. The van der Waals surface area contributed by atoms with Crippen LogP contribution >= 0.6 is 11.3 Å². The summed E-state index contributed by atoms with van der Waals surface area (Å²) < 4.78 is 6.72. The molecule has 0 radical (unpaired) electrons. The first kappa shape index (κ1) is 15.3. The van der Waals surface area contributed by atoms with E-state index in [1.165, 1.54) is 17.5 Å². The summed E-state index contributed by atoms with van der Waals surface area (Å²) in [7, 11) is 1.69. The third-order valence-corrected chi connectivity index (χ3v) is 5.45. The molecule has 2 aliphatic rings. The molecule has 0 spiro atoms. The van der Waals surface area contributed by atoms with Crippen molar-refractivity contribution in [2.45, 2.75) is 25.0 Å². The SMILES string of the molecule is COC[C@@H]1C[C@@H](N2Cc3nc(-n4cc(C#N)cn4)sc3C2=O)CN1. The predicted molar refractivity (Wildman–Crippen MR) is 85.9 cm³/mol. The van der Waals surface area contributed by atoms with Crippen molar-refractivity contribution < 1.29 is 9.53 Å². The van der Waals surface area contributed by atoms with Crippen molar-refractivity contribution in [1.82, 2.24) is 25.0 Å². The molecule has 1 fully saturated rings. The molecule has 2 atom stereocenters. The Bertz CT molecular complexity index is 822. The van der Waals surface area contributed by atoms with Crippen molar-refractivity contribution in [3.8, 4) is 11.2 Å². The first-order valence-corrected chi connectivity index (χ1v) is 8.49. The molecule has 9 heteroatoms. The molecule has 124 valence electrons. The second kappa shape index (κ2) is 5.98. The first-order chi connectivity index (χ1) is 11.7. The Hall–Kier alpha value is -2.28. The summed E-state index contributed by atoms with van der Waals surface area (Å²) >= 11 is 1.32. The van der Waals surface area contributed by atoms with Crippen molar-refractivity contribution in [2.24, 2.45) is 0 Å². The number of nitrogens with zero attached hydrogens (tertiary/aromatic N) is 5. The number of carbonyl (C=O) groups is 1. The molecule has 2 aromatic rings. The molecule has 4 heterocycles. The molecule has 0 bridgehead atoms. The van der Waals surface area contributed by atoms with Crippen LogP contribution in [0.25, 0.3) is 5.13 Å². The number of amides is 1. The zero-order chi connectivity index (χ0) is 16.7. The molecule has 1 amide bonds. The van der Waals surface area contributed by atoms with Gasteiger partial charge in [0.15, 0.2) is 0 Å². The molecule has 1 N–H and O–H groups in total. The predicted octanol–water partition coefficient (Wildman–Crippen LogP) is 0.533. The Labute approximate surface area is 142 Å². The molecule has 24 heavy (non-hydrogen) atoms. The number of hydrogen-bond acceptors (Lipinski definition) is 7. The van der Waals surface area contributed by atoms with Crippen LogP contribution in [-0.4, -0.2) is 57.9 Å². The Morgan fingerprint density at radius 1 is 1.58 bits per heavy atom. The van der Waals surface area contributed by atoms with Crippen LogP contribution in [0.2, 0.25) is 0 Å². The zero-order valence-corrected chi connectivity index (χ0v) is 13.9. The van der Waals surface area contributed by atoms with E-state index in [9.17, 15) is 4.79 Å². The van der Waals surface area contributed by atoms with Crippen molar-refractivity contribution in [3.05, 3.63) is 28.5 Å². The van der Waals surface area contributed by atoms with Gasteiger partial charge in [-0.2, -0.15) is 10.4 Å². The molecule has 1 saturated heterocycles. The van der Waals surface area contributed by atoms with Gasteiger partial charge in [-0.05, 0) is 6.42 Å². The monoisotopic (exact) mass is 344 g/mol. The highest BCUT2D eigenvalue weighted by Gasteiger charge is 2.39. The van der Waals surface area contributed by atoms with Crippen LogP contribution in [0.3, 0.4) is 0 Å². The molecule has 2 aliphatic heterocycles. The number of nitriles is 1. The van der Waals surface area contributed by atoms with Crippen LogP contribution in [0.15, 0.2) is 12.4 Å². The quantitative estimate of drug-likeness (QED) is 0.869. The molecular weight excluding hydrogens is 328 g/mol. The van der Waals surface area contributed by atoms with Crippen molar-refractivity contribution in [2.75, 3.05) is 20.3 Å². The summed E-state index contributed by atoms with van der Waals surface area (Å²) in [4.78, 5) is 19.8. The number of rotatable bonds is 4. The van der Waals surface area contributed by atoms with Crippen molar-refractivity contribution in [1.29, 1.82) is 5.26 Å². The van der Waals surface area contributed by atoms with E-state index in [-0.39, 0.29) is 11.9 Å². The number of fused-ring (bicyclic) bond motifs is 1. The van der Waals surface area contributed by atoms with Crippen molar-refractivity contribution in [3.63, 3.8) is 0 Å². The molecule has 0 saturated carbocycles. The fourth-order valence-electron chi connectivity index (χ4n) is 3.22. The summed E-state index contributed by atoms with van der Waals surface area (Å²) in [5.74, 6) is 0.0336. The summed E-state index contributed by atoms with van der Waals surface area (Å²) in [6.45, 7) is 1.97. The summed E-state index contributed by atoms with van der Waals surface area (Å²) in [5, 5.41) is 17.0. The number of methoxy groups -OCH3 is 1. The largest absolute Gasteiger partial charge is 0.383 e. The van der Waals surface area contributed by atoms with Crippen LogP contribution < -0.4 is 5.32 Å². The van der Waals surface area contributed by atoms with Gasteiger partial charge in [0.1, 0.15) is 10.9 Å². The van der Waals surface area contributed by atoms with E-state index in [0.717, 1.165) is 18.7 Å². The van der Waals surface area contributed by atoms with Gasteiger partial charge in [-0.15, -0.1) is 0 Å². The van der Waals surface area contributed by atoms with Crippen LogP contribution in [0.4, 0.5) is 0 Å². The number of ether oxygens (including phenoxy) is 1. The van der Waals surface area contributed by atoms with E-state index < -0.39 is 0 Å². The molecule has 2 aromatic heterocycles.